The molecule has 0 spiro atoms. The van der Waals surface area contributed by atoms with Gasteiger partial charge in [0.1, 0.15) is 11.5 Å². The Morgan fingerprint density at radius 3 is 2.20 bits per heavy atom. The van der Waals surface area contributed by atoms with Crippen molar-refractivity contribution < 1.29 is 9.47 Å². The normalized spacial score (nSPS) is 12.1. The van der Waals surface area contributed by atoms with Crippen LogP contribution < -0.4 is 9.47 Å². The maximum Gasteiger partial charge on any atom is 0.127 e. The van der Waals surface area contributed by atoms with E-state index in [2.05, 4.69) is 0 Å². The van der Waals surface area contributed by atoms with E-state index < -0.39 is 5.38 Å². The molecule has 0 fully saturated rings. The molecule has 0 N–H and O–H groups in total. The number of hydrogen-bond donors (Lipinski definition) is 0. The number of rotatable bonds is 4. The van der Waals surface area contributed by atoms with Gasteiger partial charge in [-0.2, -0.15) is 0 Å². The smallest absolute Gasteiger partial charge is 0.127 e. The summed E-state index contributed by atoms with van der Waals surface area (Å²) in [4.78, 5) is 0. The van der Waals surface area contributed by atoms with Crippen LogP contribution in [0.1, 0.15) is 16.5 Å². The lowest BCUT2D eigenvalue weighted by molar-refractivity contribution is 0.391. The number of ether oxygens (including phenoxy) is 2. The molecule has 0 bridgehead atoms. The zero-order valence-corrected chi connectivity index (χ0v) is 13.3. The van der Waals surface area contributed by atoms with Crippen molar-refractivity contribution in [2.24, 2.45) is 0 Å². The van der Waals surface area contributed by atoms with Crippen molar-refractivity contribution in [2.75, 3.05) is 14.2 Å². The molecule has 1 unspecified atom stereocenters. The summed E-state index contributed by atoms with van der Waals surface area (Å²) < 4.78 is 10.5. The summed E-state index contributed by atoms with van der Waals surface area (Å²) in [6.45, 7) is 0. The van der Waals surface area contributed by atoms with Crippen molar-refractivity contribution in [1.82, 2.24) is 0 Å². The zero-order valence-electron chi connectivity index (χ0n) is 11.0. The molecule has 0 saturated carbocycles. The molecule has 2 rings (SSSR count). The van der Waals surface area contributed by atoms with Crippen LogP contribution in [-0.4, -0.2) is 14.2 Å². The minimum atomic E-state index is -0.430. The quantitative estimate of drug-likeness (QED) is 0.704. The molecule has 106 valence electrons. The first-order valence-corrected chi connectivity index (χ1v) is 7.07. The Hall–Kier alpha value is -1.09. The molecule has 0 heterocycles. The molecule has 20 heavy (non-hydrogen) atoms. The third-order valence-corrected chi connectivity index (χ3v) is 3.98. The van der Waals surface area contributed by atoms with Crippen LogP contribution >= 0.6 is 34.8 Å². The van der Waals surface area contributed by atoms with E-state index in [0.29, 0.717) is 21.5 Å². The van der Waals surface area contributed by atoms with Gasteiger partial charge in [-0.15, -0.1) is 11.6 Å². The molecule has 0 aliphatic carbocycles. The van der Waals surface area contributed by atoms with Crippen molar-refractivity contribution in [3.05, 3.63) is 57.6 Å². The number of methoxy groups -OCH3 is 2. The summed E-state index contributed by atoms with van der Waals surface area (Å²) in [6, 6.07) is 10.7. The number of hydrogen-bond acceptors (Lipinski definition) is 2. The number of alkyl halides is 1. The largest absolute Gasteiger partial charge is 0.497 e. The minimum Gasteiger partial charge on any atom is -0.497 e. The highest BCUT2D eigenvalue weighted by molar-refractivity contribution is 6.36. The van der Waals surface area contributed by atoms with Crippen molar-refractivity contribution in [1.29, 1.82) is 0 Å². The van der Waals surface area contributed by atoms with Crippen LogP contribution in [0.2, 0.25) is 10.0 Å². The van der Waals surface area contributed by atoms with Crippen LogP contribution in [0.25, 0.3) is 0 Å². The number of halogens is 3. The molecule has 2 aromatic carbocycles. The summed E-state index contributed by atoms with van der Waals surface area (Å²) in [5.41, 5.74) is 1.60. The standard InChI is InChI=1S/C15H13Cl3O2/c1-19-10-4-6-12(14(8-10)20-2)15(18)11-5-3-9(16)7-13(11)17/h3-8,15H,1-2H3. The van der Waals surface area contributed by atoms with E-state index in [9.17, 15) is 0 Å². The molecule has 0 aromatic heterocycles. The fourth-order valence-corrected chi connectivity index (χ4v) is 2.85. The van der Waals surface area contributed by atoms with Crippen LogP contribution in [-0.2, 0) is 0 Å². The molecule has 0 saturated heterocycles. The van der Waals surface area contributed by atoms with Crippen molar-refractivity contribution in [3.63, 3.8) is 0 Å². The predicted octanol–water partition coefficient (Wildman–Crippen LogP) is 5.34. The fourth-order valence-electron chi connectivity index (χ4n) is 1.90. The van der Waals surface area contributed by atoms with Gasteiger partial charge in [0.2, 0.25) is 0 Å². The maximum atomic E-state index is 6.52. The van der Waals surface area contributed by atoms with E-state index in [1.165, 1.54) is 0 Å². The minimum absolute atomic E-state index is 0.430. The Morgan fingerprint density at radius 2 is 1.60 bits per heavy atom. The summed E-state index contributed by atoms with van der Waals surface area (Å²) in [5, 5.41) is 0.667. The SMILES string of the molecule is COc1ccc(C(Cl)c2ccc(Cl)cc2Cl)c(OC)c1. The van der Waals surface area contributed by atoms with Crippen LogP contribution in [0, 0.1) is 0 Å². The van der Waals surface area contributed by atoms with Crippen molar-refractivity contribution >= 4 is 34.8 Å². The van der Waals surface area contributed by atoms with Gasteiger partial charge in [0.15, 0.2) is 0 Å². The molecular weight excluding hydrogens is 319 g/mol. The van der Waals surface area contributed by atoms with Crippen molar-refractivity contribution in [3.8, 4) is 11.5 Å². The molecule has 0 aliphatic rings. The van der Waals surface area contributed by atoms with Crippen LogP contribution in [0.15, 0.2) is 36.4 Å². The molecule has 2 aromatic rings. The highest BCUT2D eigenvalue weighted by Crippen LogP contribution is 2.40. The van der Waals surface area contributed by atoms with Gasteiger partial charge in [0.25, 0.3) is 0 Å². The van der Waals surface area contributed by atoms with Gasteiger partial charge < -0.3 is 9.47 Å². The summed E-state index contributed by atoms with van der Waals surface area (Å²) >= 11 is 18.6. The summed E-state index contributed by atoms with van der Waals surface area (Å²) in [7, 11) is 3.19. The second kappa shape index (κ2) is 6.57. The molecular formula is C15H13Cl3O2. The van der Waals surface area contributed by atoms with E-state index in [0.717, 1.165) is 11.1 Å². The van der Waals surface area contributed by atoms with Gasteiger partial charge in [0.05, 0.1) is 19.6 Å². The lowest BCUT2D eigenvalue weighted by Gasteiger charge is -2.16. The molecule has 1 atom stereocenters. The van der Waals surface area contributed by atoms with E-state index >= 15 is 0 Å². The Balaban J connectivity index is 2.44. The lowest BCUT2D eigenvalue weighted by Crippen LogP contribution is -1.99. The van der Waals surface area contributed by atoms with Gasteiger partial charge in [-0.1, -0.05) is 29.3 Å². The fraction of sp³-hybridized carbons (Fsp3) is 0.200. The van der Waals surface area contributed by atoms with Gasteiger partial charge in [-0.3, -0.25) is 0 Å². The van der Waals surface area contributed by atoms with Gasteiger partial charge in [-0.05, 0) is 29.8 Å². The van der Waals surface area contributed by atoms with E-state index in [4.69, 9.17) is 44.3 Å². The second-order valence-corrected chi connectivity index (χ2v) is 5.42. The first-order chi connectivity index (χ1) is 9.56. The second-order valence-electron chi connectivity index (χ2n) is 4.14. The van der Waals surface area contributed by atoms with Gasteiger partial charge in [0, 0.05) is 21.7 Å². The van der Waals surface area contributed by atoms with Crippen LogP contribution in [0.5, 0.6) is 11.5 Å². The number of benzene rings is 2. The Morgan fingerprint density at radius 1 is 0.900 bits per heavy atom. The van der Waals surface area contributed by atoms with E-state index in [1.54, 1.807) is 32.4 Å². The highest BCUT2D eigenvalue weighted by atomic mass is 35.5. The Kier molecular flexibility index (Phi) is 5.03. The summed E-state index contributed by atoms with van der Waals surface area (Å²) in [5.74, 6) is 1.35. The van der Waals surface area contributed by atoms with Crippen LogP contribution in [0.4, 0.5) is 0 Å². The predicted molar refractivity (Wildman–Crippen MR) is 83.7 cm³/mol. The maximum absolute atomic E-state index is 6.52. The molecule has 0 radical (unpaired) electrons. The monoisotopic (exact) mass is 330 g/mol. The zero-order chi connectivity index (χ0) is 14.7. The first-order valence-electron chi connectivity index (χ1n) is 5.87. The summed E-state index contributed by atoms with van der Waals surface area (Å²) in [6.07, 6.45) is 0. The molecule has 0 amide bonds. The molecule has 0 aliphatic heterocycles. The van der Waals surface area contributed by atoms with Gasteiger partial charge in [-0.25, -0.2) is 0 Å². The lowest BCUT2D eigenvalue weighted by atomic mass is 10.0. The third kappa shape index (κ3) is 3.14. The average molecular weight is 332 g/mol. The average Bonchev–Trinajstić information content (AvgIpc) is 2.46. The third-order valence-electron chi connectivity index (χ3n) is 2.95. The Bertz CT molecular complexity index is 614. The van der Waals surface area contributed by atoms with Crippen LogP contribution in [0.3, 0.4) is 0 Å². The highest BCUT2D eigenvalue weighted by Gasteiger charge is 2.19. The van der Waals surface area contributed by atoms with E-state index in [1.807, 2.05) is 18.2 Å². The van der Waals surface area contributed by atoms with E-state index in [-0.39, 0.29) is 0 Å². The Labute approximate surface area is 133 Å². The first kappa shape index (κ1) is 15.3. The topological polar surface area (TPSA) is 18.5 Å². The molecule has 2 nitrogen and oxygen atoms in total. The molecule has 5 heteroatoms. The van der Waals surface area contributed by atoms with Crippen molar-refractivity contribution in [2.45, 2.75) is 5.38 Å². The van der Waals surface area contributed by atoms with Gasteiger partial charge >= 0.3 is 0 Å².